The summed E-state index contributed by atoms with van der Waals surface area (Å²) >= 11 is 12.2. The van der Waals surface area contributed by atoms with Gasteiger partial charge in [-0.3, -0.25) is 19.6 Å². The van der Waals surface area contributed by atoms with E-state index < -0.39 is 0 Å². The van der Waals surface area contributed by atoms with Crippen LogP contribution in [0.4, 0.5) is 22.7 Å². The Morgan fingerprint density at radius 3 is 1.23 bits per heavy atom. The van der Waals surface area contributed by atoms with E-state index in [1.165, 1.54) is 0 Å². The Morgan fingerprint density at radius 2 is 0.864 bits per heavy atom. The molecule has 44 heavy (non-hydrogen) atoms. The third kappa shape index (κ3) is 6.72. The van der Waals surface area contributed by atoms with Crippen LogP contribution in [0.15, 0.2) is 130 Å². The standard InChI is InChI=1S/C36H30Cl2N4O2/c1-21-33(35(43)25-13-17-27(37)18-14-25)22(2)40-31-11-7-8-12-32(31)42-24(4)34(36(44)26-15-19-28(38)20-16-26)23(3)41-30-10-6-5-9-29(30)39-21/h5-20,39,42H,1-4H3/b33-21+,34-24+,40-22?,41-23?. The highest BCUT2D eigenvalue weighted by molar-refractivity contribution is 6.32. The van der Waals surface area contributed by atoms with E-state index in [1.54, 1.807) is 48.5 Å². The lowest BCUT2D eigenvalue weighted by molar-refractivity contribution is 0.103. The van der Waals surface area contributed by atoms with E-state index in [-0.39, 0.29) is 11.6 Å². The summed E-state index contributed by atoms with van der Waals surface area (Å²) < 4.78 is 0. The van der Waals surface area contributed by atoms with Crippen LogP contribution in [0.25, 0.3) is 0 Å². The van der Waals surface area contributed by atoms with Crippen molar-refractivity contribution >= 4 is 68.9 Å². The number of nitrogens with zero attached hydrogens (tertiary/aromatic N) is 2. The Bertz CT molecular complexity index is 1750. The average Bonchev–Trinajstić information content (AvgIpc) is 2.99. The predicted molar refractivity (Wildman–Crippen MR) is 183 cm³/mol. The fourth-order valence-electron chi connectivity index (χ4n) is 5.06. The number of para-hydroxylation sites is 4. The highest BCUT2D eigenvalue weighted by Gasteiger charge is 2.23. The number of nitrogens with one attached hydrogen (secondary N) is 2. The molecule has 0 radical (unpaired) electrons. The molecule has 0 atom stereocenters. The van der Waals surface area contributed by atoms with Gasteiger partial charge in [-0.1, -0.05) is 47.5 Å². The molecule has 5 rings (SSSR count). The van der Waals surface area contributed by atoms with Crippen molar-refractivity contribution in [1.29, 1.82) is 0 Å². The zero-order valence-electron chi connectivity index (χ0n) is 24.7. The molecule has 2 N–H and O–H groups in total. The summed E-state index contributed by atoms with van der Waals surface area (Å²) in [6.07, 6.45) is 0. The highest BCUT2D eigenvalue weighted by atomic mass is 35.5. The zero-order chi connectivity index (χ0) is 31.4. The molecule has 0 spiro atoms. The molecule has 1 aliphatic heterocycles. The van der Waals surface area contributed by atoms with Crippen LogP contribution in [0.2, 0.25) is 10.0 Å². The normalized spacial score (nSPS) is 17.1. The molecule has 220 valence electrons. The summed E-state index contributed by atoms with van der Waals surface area (Å²) in [4.78, 5) is 37.8. The highest BCUT2D eigenvalue weighted by Crippen LogP contribution is 2.32. The Balaban J connectivity index is 1.73. The maximum atomic E-state index is 14.0. The van der Waals surface area contributed by atoms with Crippen LogP contribution in [0.3, 0.4) is 0 Å². The van der Waals surface area contributed by atoms with E-state index in [9.17, 15) is 9.59 Å². The molecule has 4 aromatic carbocycles. The quantitative estimate of drug-likeness (QED) is 0.222. The summed E-state index contributed by atoms with van der Waals surface area (Å²) in [5, 5.41) is 7.90. The van der Waals surface area contributed by atoms with E-state index in [0.717, 1.165) is 0 Å². The summed E-state index contributed by atoms with van der Waals surface area (Å²) in [6, 6.07) is 28.6. The number of benzene rings is 4. The van der Waals surface area contributed by atoms with E-state index in [1.807, 2.05) is 76.2 Å². The average molecular weight is 622 g/mol. The number of carbonyl (C=O) groups is 2. The van der Waals surface area contributed by atoms with Crippen LogP contribution in [0, 0.1) is 0 Å². The van der Waals surface area contributed by atoms with Crippen molar-refractivity contribution in [3.05, 3.63) is 141 Å². The molecule has 1 aliphatic rings. The summed E-state index contributed by atoms with van der Waals surface area (Å²) in [7, 11) is 0. The fourth-order valence-corrected chi connectivity index (χ4v) is 5.31. The lowest BCUT2D eigenvalue weighted by Gasteiger charge is -2.19. The Morgan fingerprint density at radius 1 is 0.523 bits per heavy atom. The van der Waals surface area contributed by atoms with Gasteiger partial charge in [0.15, 0.2) is 11.6 Å². The van der Waals surface area contributed by atoms with Crippen LogP contribution in [-0.2, 0) is 0 Å². The number of allylic oxidation sites excluding steroid dienone is 4. The SMILES string of the molecule is CC1=Nc2ccccc2N/C(C)=C(/C(=O)c2ccc(Cl)cc2)C(C)=Nc2ccccc2N/C(C)=C\1C(=O)c1ccc(Cl)cc1. The maximum absolute atomic E-state index is 14.0. The van der Waals surface area contributed by atoms with Crippen molar-refractivity contribution in [1.82, 2.24) is 0 Å². The van der Waals surface area contributed by atoms with Crippen molar-refractivity contribution in [2.75, 3.05) is 10.6 Å². The molecule has 0 aromatic heterocycles. The summed E-state index contributed by atoms with van der Waals surface area (Å²) in [5.41, 5.74) is 6.55. The number of rotatable bonds is 4. The van der Waals surface area contributed by atoms with Crippen molar-refractivity contribution in [2.24, 2.45) is 9.98 Å². The topological polar surface area (TPSA) is 82.9 Å². The third-order valence-electron chi connectivity index (χ3n) is 7.17. The van der Waals surface area contributed by atoms with E-state index >= 15 is 0 Å². The van der Waals surface area contributed by atoms with E-state index in [0.29, 0.717) is 77.9 Å². The fraction of sp³-hybridized carbons (Fsp3) is 0.111. The smallest absolute Gasteiger partial charge is 0.196 e. The van der Waals surface area contributed by atoms with Crippen LogP contribution in [0.1, 0.15) is 48.4 Å². The van der Waals surface area contributed by atoms with Crippen molar-refractivity contribution < 1.29 is 9.59 Å². The van der Waals surface area contributed by atoms with Crippen LogP contribution >= 0.6 is 23.2 Å². The Hall–Kier alpha value is -4.78. The monoisotopic (exact) mass is 620 g/mol. The minimum atomic E-state index is -0.200. The summed E-state index contributed by atoms with van der Waals surface area (Å²) in [6.45, 7) is 7.29. The van der Waals surface area contributed by atoms with Gasteiger partial charge in [0.25, 0.3) is 0 Å². The number of Topliss-reactive ketones (excluding diaryl/α,β-unsaturated/α-hetero) is 2. The first-order valence-corrected chi connectivity index (χ1v) is 14.7. The minimum absolute atomic E-state index is 0.200. The van der Waals surface area contributed by atoms with Gasteiger partial charge in [0.05, 0.1) is 45.3 Å². The van der Waals surface area contributed by atoms with Crippen LogP contribution in [-0.4, -0.2) is 23.0 Å². The number of carbonyl (C=O) groups excluding carboxylic acids is 2. The van der Waals surface area contributed by atoms with Crippen LogP contribution in [0.5, 0.6) is 0 Å². The predicted octanol–water partition coefficient (Wildman–Crippen LogP) is 10.0. The number of hydrogen-bond acceptors (Lipinski definition) is 6. The van der Waals surface area contributed by atoms with Gasteiger partial charge in [0.2, 0.25) is 0 Å². The molecule has 0 saturated carbocycles. The molecular weight excluding hydrogens is 591 g/mol. The van der Waals surface area contributed by atoms with Gasteiger partial charge < -0.3 is 10.6 Å². The van der Waals surface area contributed by atoms with Gasteiger partial charge >= 0.3 is 0 Å². The molecule has 0 fully saturated rings. The first-order valence-electron chi connectivity index (χ1n) is 14.0. The second-order valence-electron chi connectivity index (χ2n) is 10.4. The summed E-state index contributed by atoms with van der Waals surface area (Å²) in [5.74, 6) is -0.399. The van der Waals surface area contributed by atoms with Gasteiger partial charge in [-0.2, -0.15) is 0 Å². The van der Waals surface area contributed by atoms with E-state index in [4.69, 9.17) is 33.2 Å². The van der Waals surface area contributed by atoms with Gasteiger partial charge in [-0.25, -0.2) is 0 Å². The van der Waals surface area contributed by atoms with Gasteiger partial charge in [-0.15, -0.1) is 0 Å². The molecule has 0 bridgehead atoms. The first-order chi connectivity index (χ1) is 21.1. The van der Waals surface area contributed by atoms with Crippen molar-refractivity contribution in [3.8, 4) is 0 Å². The van der Waals surface area contributed by atoms with Crippen molar-refractivity contribution in [3.63, 3.8) is 0 Å². The lowest BCUT2D eigenvalue weighted by Crippen LogP contribution is -2.18. The van der Waals surface area contributed by atoms with Gasteiger partial charge in [-0.05, 0) is 100 Å². The molecule has 6 nitrogen and oxygen atoms in total. The largest absolute Gasteiger partial charge is 0.357 e. The number of ketones is 2. The number of hydrogen-bond donors (Lipinski definition) is 2. The number of fused-ring (bicyclic) bond motifs is 2. The Labute approximate surface area is 266 Å². The molecular formula is C36H30Cl2N4O2. The van der Waals surface area contributed by atoms with Gasteiger partial charge in [0.1, 0.15) is 0 Å². The first kappa shape index (κ1) is 30.7. The molecule has 4 aromatic rings. The number of aliphatic imine (C=N–C) groups is 2. The van der Waals surface area contributed by atoms with Crippen molar-refractivity contribution in [2.45, 2.75) is 27.7 Å². The molecule has 0 aliphatic carbocycles. The Kier molecular flexibility index (Phi) is 9.23. The second kappa shape index (κ2) is 13.2. The lowest BCUT2D eigenvalue weighted by atomic mass is 9.97. The maximum Gasteiger partial charge on any atom is 0.196 e. The zero-order valence-corrected chi connectivity index (χ0v) is 26.2. The van der Waals surface area contributed by atoms with Gasteiger partial charge in [0, 0.05) is 32.6 Å². The molecule has 0 amide bonds. The van der Waals surface area contributed by atoms with Crippen LogP contribution < -0.4 is 10.6 Å². The molecule has 1 heterocycles. The second-order valence-corrected chi connectivity index (χ2v) is 11.2. The molecule has 0 saturated heterocycles. The number of anilines is 2. The minimum Gasteiger partial charge on any atom is -0.357 e. The number of halogens is 2. The molecule has 0 unspecified atom stereocenters. The molecule has 8 heteroatoms. The third-order valence-corrected chi connectivity index (χ3v) is 7.67. The van der Waals surface area contributed by atoms with E-state index in [2.05, 4.69) is 10.6 Å².